The van der Waals surface area contributed by atoms with Gasteiger partial charge in [0.25, 0.3) is 0 Å². The summed E-state index contributed by atoms with van der Waals surface area (Å²) in [6.45, 7) is 2.15. The minimum atomic E-state index is 1.02. The summed E-state index contributed by atoms with van der Waals surface area (Å²) in [6, 6.07) is 12.7. The molecule has 16 heavy (non-hydrogen) atoms. The van der Waals surface area contributed by atoms with Gasteiger partial charge in [-0.3, -0.25) is 0 Å². The molecule has 2 heteroatoms. The first-order valence-corrected chi connectivity index (χ1v) is 6.82. The third-order valence-corrected chi connectivity index (χ3v) is 3.85. The molecule has 1 aromatic carbocycles. The van der Waals surface area contributed by atoms with E-state index in [0.717, 1.165) is 10.9 Å². The first kappa shape index (κ1) is 11.6. The SMILES string of the molecule is Cc1ccc(C/C=C/c2ccc(Br)cc2)s1. The van der Waals surface area contributed by atoms with Gasteiger partial charge in [-0.25, -0.2) is 0 Å². The van der Waals surface area contributed by atoms with Gasteiger partial charge in [-0.2, -0.15) is 0 Å². The maximum Gasteiger partial charge on any atom is 0.0175 e. The van der Waals surface area contributed by atoms with E-state index in [2.05, 4.69) is 71.4 Å². The highest BCUT2D eigenvalue weighted by atomic mass is 79.9. The molecule has 0 spiro atoms. The molecule has 0 atom stereocenters. The van der Waals surface area contributed by atoms with Gasteiger partial charge in [0.2, 0.25) is 0 Å². The van der Waals surface area contributed by atoms with Crippen LogP contribution in [0.25, 0.3) is 6.08 Å². The summed E-state index contributed by atoms with van der Waals surface area (Å²) in [5.41, 5.74) is 1.25. The van der Waals surface area contributed by atoms with Crippen LogP contribution in [-0.2, 0) is 6.42 Å². The average molecular weight is 293 g/mol. The normalized spacial score (nSPS) is 11.1. The number of hydrogen-bond donors (Lipinski definition) is 0. The summed E-state index contributed by atoms with van der Waals surface area (Å²) in [5.74, 6) is 0. The fourth-order valence-electron chi connectivity index (χ4n) is 1.48. The summed E-state index contributed by atoms with van der Waals surface area (Å²) in [7, 11) is 0. The van der Waals surface area contributed by atoms with Crippen molar-refractivity contribution in [1.29, 1.82) is 0 Å². The molecule has 0 aliphatic carbocycles. The van der Waals surface area contributed by atoms with Crippen LogP contribution in [0, 0.1) is 6.92 Å². The minimum absolute atomic E-state index is 1.02. The molecule has 0 N–H and O–H groups in total. The summed E-state index contributed by atoms with van der Waals surface area (Å²) in [6.07, 6.45) is 5.41. The molecule has 0 saturated heterocycles. The Hall–Kier alpha value is -0.860. The topological polar surface area (TPSA) is 0 Å². The zero-order valence-electron chi connectivity index (χ0n) is 9.11. The van der Waals surface area contributed by atoms with Crippen molar-refractivity contribution < 1.29 is 0 Å². The molecule has 0 aliphatic rings. The van der Waals surface area contributed by atoms with E-state index in [1.165, 1.54) is 15.3 Å². The van der Waals surface area contributed by atoms with Crippen molar-refractivity contribution in [3.8, 4) is 0 Å². The van der Waals surface area contributed by atoms with Crippen LogP contribution in [0.15, 0.2) is 46.9 Å². The largest absolute Gasteiger partial charge is 0.145 e. The van der Waals surface area contributed by atoms with Crippen molar-refractivity contribution in [2.45, 2.75) is 13.3 Å². The second kappa shape index (κ2) is 5.46. The third kappa shape index (κ3) is 3.32. The van der Waals surface area contributed by atoms with Gasteiger partial charge >= 0.3 is 0 Å². The highest BCUT2D eigenvalue weighted by Gasteiger charge is 1.93. The third-order valence-electron chi connectivity index (χ3n) is 2.30. The molecule has 82 valence electrons. The number of allylic oxidation sites excluding steroid dienone is 1. The lowest BCUT2D eigenvalue weighted by atomic mass is 10.2. The molecule has 0 nitrogen and oxygen atoms in total. The number of halogens is 1. The lowest BCUT2D eigenvalue weighted by molar-refractivity contribution is 1.35. The molecule has 0 unspecified atom stereocenters. The fraction of sp³-hybridized carbons (Fsp3) is 0.143. The van der Waals surface area contributed by atoms with Crippen molar-refractivity contribution in [2.75, 3.05) is 0 Å². The van der Waals surface area contributed by atoms with Crippen LogP contribution in [0.3, 0.4) is 0 Å². The highest BCUT2D eigenvalue weighted by Crippen LogP contribution is 2.17. The van der Waals surface area contributed by atoms with Crippen LogP contribution < -0.4 is 0 Å². The van der Waals surface area contributed by atoms with Gasteiger partial charge in [-0.05, 0) is 36.8 Å². The van der Waals surface area contributed by atoms with Crippen LogP contribution >= 0.6 is 27.3 Å². The second-order valence-electron chi connectivity index (χ2n) is 3.67. The zero-order chi connectivity index (χ0) is 11.4. The zero-order valence-corrected chi connectivity index (χ0v) is 11.5. The summed E-state index contributed by atoms with van der Waals surface area (Å²) < 4.78 is 1.12. The molecule has 1 aromatic heterocycles. The Morgan fingerprint density at radius 1 is 1.12 bits per heavy atom. The maximum atomic E-state index is 3.43. The van der Waals surface area contributed by atoms with Crippen molar-refractivity contribution in [3.63, 3.8) is 0 Å². The Balaban J connectivity index is 1.97. The molecule has 0 aliphatic heterocycles. The van der Waals surface area contributed by atoms with E-state index in [0.29, 0.717) is 0 Å². The van der Waals surface area contributed by atoms with Crippen molar-refractivity contribution in [1.82, 2.24) is 0 Å². The highest BCUT2D eigenvalue weighted by molar-refractivity contribution is 9.10. The first-order chi connectivity index (χ1) is 7.74. The number of aryl methyl sites for hydroxylation is 1. The number of rotatable bonds is 3. The van der Waals surface area contributed by atoms with Crippen LogP contribution in [0.2, 0.25) is 0 Å². The second-order valence-corrected chi connectivity index (χ2v) is 5.96. The smallest absolute Gasteiger partial charge is 0.0175 e. The Bertz CT molecular complexity index is 480. The lowest BCUT2D eigenvalue weighted by Crippen LogP contribution is -1.74. The van der Waals surface area contributed by atoms with E-state index < -0.39 is 0 Å². The van der Waals surface area contributed by atoms with Gasteiger partial charge in [-0.1, -0.05) is 40.2 Å². The summed E-state index contributed by atoms with van der Waals surface area (Å²) in [5, 5.41) is 0. The Labute approximate surface area is 109 Å². The van der Waals surface area contributed by atoms with E-state index >= 15 is 0 Å². The van der Waals surface area contributed by atoms with Crippen LogP contribution in [0.5, 0.6) is 0 Å². The van der Waals surface area contributed by atoms with Crippen molar-refractivity contribution in [2.24, 2.45) is 0 Å². The number of benzene rings is 1. The maximum absolute atomic E-state index is 3.43. The number of hydrogen-bond acceptors (Lipinski definition) is 1. The Kier molecular flexibility index (Phi) is 3.97. The predicted molar refractivity (Wildman–Crippen MR) is 75.9 cm³/mol. The van der Waals surface area contributed by atoms with Gasteiger partial charge in [0.05, 0.1) is 0 Å². The standard InChI is InChI=1S/C14H13BrS/c1-11-5-10-14(16-11)4-2-3-12-6-8-13(15)9-7-12/h2-3,5-10H,4H2,1H3/b3-2+. The molecular weight excluding hydrogens is 280 g/mol. The monoisotopic (exact) mass is 292 g/mol. The Morgan fingerprint density at radius 3 is 2.50 bits per heavy atom. The summed E-state index contributed by atoms with van der Waals surface area (Å²) in [4.78, 5) is 2.80. The van der Waals surface area contributed by atoms with E-state index in [1.807, 2.05) is 11.3 Å². The van der Waals surface area contributed by atoms with Gasteiger partial charge < -0.3 is 0 Å². The van der Waals surface area contributed by atoms with E-state index in [9.17, 15) is 0 Å². The quantitative estimate of drug-likeness (QED) is 0.740. The molecule has 2 rings (SSSR count). The molecule has 0 saturated carbocycles. The summed E-state index contributed by atoms with van der Waals surface area (Å²) >= 11 is 5.30. The van der Waals surface area contributed by atoms with Gasteiger partial charge in [0.15, 0.2) is 0 Å². The molecule has 2 aromatic rings. The van der Waals surface area contributed by atoms with Gasteiger partial charge in [0.1, 0.15) is 0 Å². The molecule has 0 radical (unpaired) electrons. The van der Waals surface area contributed by atoms with E-state index in [-0.39, 0.29) is 0 Å². The molecule has 1 heterocycles. The minimum Gasteiger partial charge on any atom is -0.145 e. The van der Waals surface area contributed by atoms with E-state index in [4.69, 9.17) is 0 Å². The first-order valence-electron chi connectivity index (χ1n) is 5.21. The number of thiophene rings is 1. The molecule has 0 bridgehead atoms. The molecule has 0 amide bonds. The van der Waals surface area contributed by atoms with Crippen LogP contribution in [-0.4, -0.2) is 0 Å². The molecule has 0 fully saturated rings. The lowest BCUT2D eigenvalue weighted by Gasteiger charge is -1.93. The van der Waals surface area contributed by atoms with Gasteiger partial charge in [-0.15, -0.1) is 11.3 Å². The fourth-order valence-corrected chi connectivity index (χ4v) is 2.61. The van der Waals surface area contributed by atoms with Crippen molar-refractivity contribution >= 4 is 33.3 Å². The van der Waals surface area contributed by atoms with Crippen LogP contribution in [0.1, 0.15) is 15.3 Å². The average Bonchev–Trinajstić information content (AvgIpc) is 2.67. The predicted octanol–water partition coefficient (Wildman–Crippen LogP) is 5.07. The molecular formula is C14H13BrS. The van der Waals surface area contributed by atoms with Crippen LogP contribution in [0.4, 0.5) is 0 Å². The van der Waals surface area contributed by atoms with E-state index in [1.54, 1.807) is 0 Å². The van der Waals surface area contributed by atoms with Gasteiger partial charge in [0, 0.05) is 20.6 Å². The van der Waals surface area contributed by atoms with Crippen molar-refractivity contribution in [3.05, 3.63) is 62.3 Å². The Morgan fingerprint density at radius 2 is 1.88 bits per heavy atom.